The normalized spacial score (nSPS) is 17.7. The van der Waals surface area contributed by atoms with E-state index >= 15 is 0 Å². The van der Waals surface area contributed by atoms with Crippen molar-refractivity contribution in [2.24, 2.45) is 5.41 Å². The molecule has 1 fully saturated rings. The van der Waals surface area contributed by atoms with Crippen LogP contribution in [0.25, 0.3) is 0 Å². The van der Waals surface area contributed by atoms with E-state index in [2.05, 4.69) is 39.9 Å². The fourth-order valence-corrected chi connectivity index (χ4v) is 5.44. The van der Waals surface area contributed by atoms with Crippen molar-refractivity contribution in [1.82, 2.24) is 9.62 Å². The molecule has 6 nitrogen and oxygen atoms in total. The van der Waals surface area contributed by atoms with Gasteiger partial charge in [0.25, 0.3) is 5.91 Å². The van der Waals surface area contributed by atoms with Crippen LogP contribution in [0.2, 0.25) is 0 Å². The van der Waals surface area contributed by atoms with Crippen LogP contribution in [-0.4, -0.2) is 56.9 Å². The minimum atomic E-state index is -3.44. The van der Waals surface area contributed by atoms with Gasteiger partial charge in [-0.1, -0.05) is 39.0 Å². The molecule has 0 aromatic heterocycles. The zero-order valence-corrected chi connectivity index (χ0v) is 18.0. The van der Waals surface area contributed by atoms with E-state index in [4.69, 9.17) is 0 Å². The first kappa shape index (κ1) is 21.9. The molecule has 0 bridgehead atoms. The van der Waals surface area contributed by atoms with Crippen LogP contribution >= 0.6 is 0 Å². The highest BCUT2D eigenvalue weighted by atomic mass is 32.2. The summed E-state index contributed by atoms with van der Waals surface area (Å²) < 4.78 is 26.9. The van der Waals surface area contributed by atoms with Crippen molar-refractivity contribution in [3.8, 4) is 0 Å². The molecule has 0 unspecified atom stereocenters. The number of nitrogens with one attached hydrogen (secondary N) is 2. The van der Waals surface area contributed by atoms with Gasteiger partial charge in [0.15, 0.2) is 6.54 Å². The molecule has 1 aliphatic rings. The quantitative estimate of drug-likeness (QED) is 0.751. The standard InChI is InChI=1S/C20H33N3O3S/c1-19(2,3)16-20(4,5)21-18(24)15-22-11-13-23(14-12-22)27(25,26)17-9-7-6-8-10-17/h6-10H,11-16H2,1-5H3,(H,21,24)/p+1. The largest absolute Gasteiger partial charge is 0.346 e. The van der Waals surface area contributed by atoms with Crippen molar-refractivity contribution >= 4 is 15.9 Å². The van der Waals surface area contributed by atoms with E-state index in [1.165, 1.54) is 4.31 Å². The summed E-state index contributed by atoms with van der Waals surface area (Å²) in [5, 5.41) is 3.14. The van der Waals surface area contributed by atoms with Crippen LogP contribution in [0.5, 0.6) is 0 Å². The predicted octanol–water partition coefficient (Wildman–Crippen LogP) is 0.907. The Kier molecular flexibility index (Phi) is 6.71. The number of carbonyl (C=O) groups excluding carboxylic acids is 1. The number of rotatable bonds is 6. The molecule has 1 amide bonds. The minimum absolute atomic E-state index is 0.0265. The fourth-order valence-electron chi connectivity index (χ4n) is 3.98. The van der Waals surface area contributed by atoms with E-state index in [9.17, 15) is 13.2 Å². The third-order valence-corrected chi connectivity index (χ3v) is 6.58. The molecule has 1 saturated heterocycles. The molecule has 152 valence electrons. The summed E-state index contributed by atoms with van der Waals surface area (Å²) in [5.74, 6) is 0.0265. The van der Waals surface area contributed by atoms with Crippen LogP contribution in [0.4, 0.5) is 0 Å². The molecular formula is C20H34N3O3S+. The zero-order valence-electron chi connectivity index (χ0n) is 17.2. The van der Waals surface area contributed by atoms with Crippen LogP contribution in [0.3, 0.4) is 0 Å². The highest BCUT2D eigenvalue weighted by Gasteiger charge is 2.32. The summed E-state index contributed by atoms with van der Waals surface area (Å²) in [7, 11) is -3.44. The second-order valence-electron chi connectivity index (χ2n) is 9.31. The number of hydrogen-bond donors (Lipinski definition) is 2. The van der Waals surface area contributed by atoms with Crippen LogP contribution in [0.1, 0.15) is 41.0 Å². The molecule has 1 aromatic rings. The average molecular weight is 397 g/mol. The summed E-state index contributed by atoms with van der Waals surface area (Å²) >= 11 is 0. The number of carbonyl (C=O) groups is 1. The Morgan fingerprint density at radius 2 is 1.63 bits per heavy atom. The van der Waals surface area contributed by atoms with Crippen LogP contribution in [-0.2, 0) is 14.8 Å². The summed E-state index contributed by atoms with van der Waals surface area (Å²) in [5.41, 5.74) is -0.117. The second-order valence-corrected chi connectivity index (χ2v) is 11.3. The molecule has 0 aliphatic carbocycles. The molecule has 2 rings (SSSR count). The smallest absolute Gasteiger partial charge is 0.275 e. The highest BCUT2D eigenvalue weighted by molar-refractivity contribution is 7.89. The number of nitrogens with zero attached hydrogens (tertiary/aromatic N) is 1. The van der Waals surface area contributed by atoms with Crippen molar-refractivity contribution in [2.75, 3.05) is 32.7 Å². The topological polar surface area (TPSA) is 70.9 Å². The molecule has 1 heterocycles. The zero-order chi connectivity index (χ0) is 20.3. The Morgan fingerprint density at radius 1 is 1.07 bits per heavy atom. The maximum Gasteiger partial charge on any atom is 0.275 e. The maximum atomic E-state index is 12.7. The Bertz CT molecular complexity index is 731. The number of hydrogen-bond acceptors (Lipinski definition) is 3. The van der Waals surface area contributed by atoms with Crippen LogP contribution in [0, 0.1) is 5.41 Å². The maximum absolute atomic E-state index is 12.7. The second kappa shape index (κ2) is 8.29. The molecule has 0 radical (unpaired) electrons. The molecule has 7 heteroatoms. The van der Waals surface area contributed by atoms with E-state index in [0.29, 0.717) is 37.6 Å². The van der Waals surface area contributed by atoms with Crippen molar-refractivity contribution in [2.45, 2.75) is 51.5 Å². The van der Waals surface area contributed by atoms with Crippen molar-refractivity contribution in [3.63, 3.8) is 0 Å². The first-order valence-corrected chi connectivity index (χ1v) is 11.0. The van der Waals surface area contributed by atoms with E-state index < -0.39 is 10.0 Å². The first-order valence-electron chi connectivity index (χ1n) is 9.59. The predicted molar refractivity (Wildman–Crippen MR) is 107 cm³/mol. The molecule has 0 atom stereocenters. The summed E-state index contributed by atoms with van der Waals surface area (Å²) in [6.07, 6.45) is 0.893. The highest BCUT2D eigenvalue weighted by Crippen LogP contribution is 2.26. The Labute approximate surface area is 164 Å². The molecule has 2 N–H and O–H groups in total. The minimum Gasteiger partial charge on any atom is -0.346 e. The van der Waals surface area contributed by atoms with E-state index in [-0.39, 0.29) is 16.9 Å². The van der Waals surface area contributed by atoms with Gasteiger partial charge in [0.2, 0.25) is 10.0 Å². The number of amides is 1. The molecule has 1 aromatic carbocycles. The van der Waals surface area contributed by atoms with Gasteiger partial charge in [-0.3, -0.25) is 4.79 Å². The van der Waals surface area contributed by atoms with Gasteiger partial charge in [-0.25, -0.2) is 8.42 Å². The van der Waals surface area contributed by atoms with Gasteiger partial charge in [0, 0.05) is 5.54 Å². The lowest BCUT2D eigenvalue weighted by Crippen LogP contribution is -3.16. The SMILES string of the molecule is CC(C)(C)CC(C)(C)NC(=O)C[NH+]1CCN(S(=O)(=O)c2ccccc2)CC1. The lowest BCUT2D eigenvalue weighted by Gasteiger charge is -2.35. The van der Waals surface area contributed by atoms with E-state index in [1.54, 1.807) is 30.3 Å². The number of piperazine rings is 1. The average Bonchev–Trinajstić information content (AvgIpc) is 2.53. The fraction of sp³-hybridized carbons (Fsp3) is 0.650. The first-order chi connectivity index (χ1) is 12.4. The Morgan fingerprint density at radius 3 is 2.15 bits per heavy atom. The molecule has 0 spiro atoms. The Hall–Kier alpha value is -1.44. The van der Waals surface area contributed by atoms with Crippen molar-refractivity contribution in [1.29, 1.82) is 0 Å². The summed E-state index contributed by atoms with van der Waals surface area (Å²) in [6.45, 7) is 13.1. The summed E-state index contributed by atoms with van der Waals surface area (Å²) in [4.78, 5) is 13.9. The van der Waals surface area contributed by atoms with Gasteiger partial charge in [0.05, 0.1) is 31.1 Å². The van der Waals surface area contributed by atoms with Gasteiger partial charge < -0.3 is 10.2 Å². The van der Waals surface area contributed by atoms with Crippen molar-refractivity contribution < 1.29 is 18.1 Å². The third-order valence-electron chi connectivity index (χ3n) is 4.67. The molecule has 27 heavy (non-hydrogen) atoms. The number of sulfonamides is 1. The molecular weight excluding hydrogens is 362 g/mol. The van der Waals surface area contributed by atoms with Gasteiger partial charge >= 0.3 is 0 Å². The van der Waals surface area contributed by atoms with Crippen molar-refractivity contribution in [3.05, 3.63) is 30.3 Å². The van der Waals surface area contributed by atoms with Gasteiger partial charge in [-0.05, 0) is 37.8 Å². The van der Waals surface area contributed by atoms with Crippen LogP contribution in [0.15, 0.2) is 35.2 Å². The lowest BCUT2D eigenvalue weighted by molar-refractivity contribution is -0.895. The molecule has 0 saturated carbocycles. The van der Waals surface area contributed by atoms with Gasteiger partial charge in [0.1, 0.15) is 0 Å². The van der Waals surface area contributed by atoms with Gasteiger partial charge in [-0.2, -0.15) is 4.31 Å². The van der Waals surface area contributed by atoms with Crippen LogP contribution < -0.4 is 10.2 Å². The van der Waals surface area contributed by atoms with Gasteiger partial charge in [-0.15, -0.1) is 0 Å². The number of benzene rings is 1. The monoisotopic (exact) mass is 396 g/mol. The lowest BCUT2D eigenvalue weighted by atomic mass is 9.82. The Balaban J connectivity index is 1.86. The molecule has 1 aliphatic heterocycles. The summed E-state index contributed by atoms with van der Waals surface area (Å²) in [6, 6.07) is 8.52. The third kappa shape index (κ3) is 6.59. The number of quaternary nitrogens is 1. The van der Waals surface area contributed by atoms with E-state index in [1.807, 2.05) is 0 Å². The van der Waals surface area contributed by atoms with E-state index in [0.717, 1.165) is 11.3 Å².